The number of aryl methyl sites for hydroxylation is 1. The molecule has 3 rings (SSSR count). The quantitative estimate of drug-likeness (QED) is 0.488. The number of hydrogen-bond donors (Lipinski definition) is 1. The molecule has 0 bridgehead atoms. The Hall–Kier alpha value is -2.49. The highest BCUT2D eigenvalue weighted by Crippen LogP contribution is 2.40. The first-order valence-electron chi connectivity index (χ1n) is 8.56. The summed E-state index contributed by atoms with van der Waals surface area (Å²) in [5.74, 6) is -0.445. The van der Waals surface area contributed by atoms with Gasteiger partial charge in [0.05, 0.1) is 26.9 Å². The van der Waals surface area contributed by atoms with Crippen LogP contribution in [-0.4, -0.2) is 26.3 Å². The zero-order chi connectivity index (χ0) is 21.9. The fraction of sp³-hybridized carbons (Fsp3) is 0.278. The lowest BCUT2D eigenvalue weighted by Gasteiger charge is -2.17. The van der Waals surface area contributed by atoms with Gasteiger partial charge in [0.2, 0.25) is 11.0 Å². The highest BCUT2D eigenvalue weighted by atomic mass is 32.2. The van der Waals surface area contributed by atoms with Gasteiger partial charge in [0.15, 0.2) is 0 Å². The Bertz CT molecular complexity index is 1090. The van der Waals surface area contributed by atoms with Crippen LogP contribution in [0.1, 0.15) is 29.5 Å². The SMILES string of the molecule is CC[C@H](Sc1nc(-c2cccs2)cc(C(F)(F)F)c1C#N)C(=O)Nc1nnc(C)s1. The maximum Gasteiger partial charge on any atom is 0.417 e. The second-order valence-corrected chi connectivity index (χ2v) is 9.27. The molecule has 156 valence electrons. The van der Waals surface area contributed by atoms with E-state index in [-0.39, 0.29) is 10.7 Å². The third kappa shape index (κ3) is 4.97. The predicted molar refractivity (Wildman–Crippen MR) is 110 cm³/mol. The second-order valence-electron chi connectivity index (χ2n) is 5.95. The van der Waals surface area contributed by atoms with Crippen LogP contribution in [0.3, 0.4) is 0 Å². The van der Waals surface area contributed by atoms with Gasteiger partial charge < -0.3 is 0 Å². The Morgan fingerprint density at radius 3 is 2.70 bits per heavy atom. The molecule has 0 aliphatic rings. The molecular weight excluding hydrogens is 455 g/mol. The third-order valence-electron chi connectivity index (χ3n) is 3.85. The molecule has 1 amide bonds. The number of nitrogens with zero attached hydrogens (tertiary/aromatic N) is 4. The van der Waals surface area contributed by atoms with Crippen LogP contribution in [0.15, 0.2) is 28.6 Å². The van der Waals surface area contributed by atoms with Crippen molar-refractivity contribution < 1.29 is 18.0 Å². The number of alkyl halides is 3. The summed E-state index contributed by atoms with van der Waals surface area (Å²) < 4.78 is 40.9. The number of nitriles is 1. The van der Waals surface area contributed by atoms with E-state index < -0.39 is 28.5 Å². The Balaban J connectivity index is 1.99. The number of halogens is 3. The summed E-state index contributed by atoms with van der Waals surface area (Å²) in [6.45, 7) is 3.46. The minimum atomic E-state index is -4.73. The molecule has 3 aromatic rings. The van der Waals surface area contributed by atoms with E-state index in [1.54, 1.807) is 37.4 Å². The topological polar surface area (TPSA) is 91.6 Å². The van der Waals surface area contributed by atoms with Gasteiger partial charge in [-0.1, -0.05) is 36.1 Å². The Kier molecular flexibility index (Phi) is 6.74. The van der Waals surface area contributed by atoms with Crippen molar-refractivity contribution in [3.8, 4) is 16.6 Å². The minimum Gasteiger partial charge on any atom is -0.300 e. The van der Waals surface area contributed by atoms with Crippen molar-refractivity contribution in [3.63, 3.8) is 0 Å². The summed E-state index contributed by atoms with van der Waals surface area (Å²) >= 11 is 3.25. The zero-order valence-corrected chi connectivity index (χ0v) is 18.1. The van der Waals surface area contributed by atoms with Crippen LogP contribution in [0.2, 0.25) is 0 Å². The molecule has 0 fully saturated rings. The van der Waals surface area contributed by atoms with Crippen LogP contribution in [-0.2, 0) is 11.0 Å². The number of aromatic nitrogens is 3. The van der Waals surface area contributed by atoms with Crippen molar-refractivity contribution >= 4 is 45.5 Å². The van der Waals surface area contributed by atoms with Gasteiger partial charge in [-0.3, -0.25) is 10.1 Å². The number of hydrogen-bond acceptors (Lipinski definition) is 8. The Labute approximate surface area is 182 Å². The van der Waals surface area contributed by atoms with Crippen LogP contribution in [0.25, 0.3) is 10.6 Å². The number of pyridine rings is 1. The second kappa shape index (κ2) is 9.11. The van der Waals surface area contributed by atoms with E-state index >= 15 is 0 Å². The van der Waals surface area contributed by atoms with E-state index in [4.69, 9.17) is 0 Å². The largest absolute Gasteiger partial charge is 0.417 e. The number of carbonyl (C=O) groups is 1. The van der Waals surface area contributed by atoms with Gasteiger partial charge in [-0.05, 0) is 30.9 Å². The first-order valence-corrected chi connectivity index (χ1v) is 11.1. The summed E-state index contributed by atoms with van der Waals surface area (Å²) in [5.41, 5.74) is -1.56. The smallest absolute Gasteiger partial charge is 0.300 e. The molecule has 0 unspecified atom stereocenters. The van der Waals surface area contributed by atoms with E-state index in [0.717, 1.165) is 17.8 Å². The Morgan fingerprint density at radius 1 is 1.40 bits per heavy atom. The lowest BCUT2D eigenvalue weighted by Crippen LogP contribution is -2.25. The number of thiophene rings is 1. The molecule has 3 aromatic heterocycles. The maximum absolute atomic E-state index is 13.6. The van der Waals surface area contributed by atoms with E-state index in [0.29, 0.717) is 21.4 Å². The van der Waals surface area contributed by atoms with Crippen LogP contribution in [0, 0.1) is 18.3 Å². The van der Waals surface area contributed by atoms with Gasteiger partial charge in [-0.2, -0.15) is 18.4 Å². The number of anilines is 1. The number of thioether (sulfide) groups is 1. The molecule has 12 heteroatoms. The number of nitrogens with one attached hydrogen (secondary N) is 1. The Morgan fingerprint density at radius 2 is 2.17 bits per heavy atom. The maximum atomic E-state index is 13.6. The van der Waals surface area contributed by atoms with Crippen LogP contribution < -0.4 is 5.32 Å². The van der Waals surface area contributed by atoms with Gasteiger partial charge >= 0.3 is 6.18 Å². The molecule has 1 atom stereocenters. The summed E-state index contributed by atoms with van der Waals surface area (Å²) in [5, 5.41) is 21.5. The molecule has 0 saturated heterocycles. The molecule has 0 spiro atoms. The van der Waals surface area contributed by atoms with Crippen LogP contribution in [0.4, 0.5) is 18.3 Å². The van der Waals surface area contributed by atoms with Gasteiger partial charge in [0, 0.05) is 0 Å². The average Bonchev–Trinajstić information content (AvgIpc) is 3.36. The summed E-state index contributed by atoms with van der Waals surface area (Å²) in [7, 11) is 0. The lowest BCUT2D eigenvalue weighted by molar-refractivity contribution is -0.138. The van der Waals surface area contributed by atoms with E-state index in [2.05, 4.69) is 20.5 Å². The van der Waals surface area contributed by atoms with Crippen molar-refractivity contribution in [2.24, 2.45) is 0 Å². The molecule has 0 aliphatic carbocycles. The zero-order valence-electron chi connectivity index (χ0n) is 15.6. The predicted octanol–water partition coefficient (Wildman–Crippen LogP) is 5.37. The minimum absolute atomic E-state index is 0.105. The fourth-order valence-corrected chi connectivity index (χ4v) is 4.79. The first-order chi connectivity index (χ1) is 14.2. The van der Waals surface area contributed by atoms with Crippen molar-refractivity contribution in [2.45, 2.75) is 36.7 Å². The highest BCUT2D eigenvalue weighted by molar-refractivity contribution is 8.00. The van der Waals surface area contributed by atoms with E-state index in [1.165, 1.54) is 22.7 Å². The molecule has 0 aliphatic heterocycles. The number of amides is 1. The summed E-state index contributed by atoms with van der Waals surface area (Å²) in [6, 6.07) is 5.84. The molecule has 30 heavy (non-hydrogen) atoms. The van der Waals surface area contributed by atoms with Crippen molar-refractivity contribution in [1.29, 1.82) is 5.26 Å². The molecule has 0 aromatic carbocycles. The molecule has 1 N–H and O–H groups in total. The lowest BCUT2D eigenvalue weighted by atomic mass is 10.1. The number of rotatable bonds is 6. The molecule has 6 nitrogen and oxygen atoms in total. The molecule has 0 saturated carbocycles. The van der Waals surface area contributed by atoms with Crippen LogP contribution >= 0.6 is 34.4 Å². The first kappa shape index (κ1) is 22.2. The van der Waals surface area contributed by atoms with Gasteiger partial charge in [-0.25, -0.2) is 4.98 Å². The van der Waals surface area contributed by atoms with Crippen molar-refractivity contribution in [1.82, 2.24) is 15.2 Å². The summed E-state index contributed by atoms with van der Waals surface area (Å²) in [4.78, 5) is 17.5. The average molecular weight is 470 g/mol. The molecule has 0 radical (unpaired) electrons. The fourth-order valence-electron chi connectivity index (χ4n) is 2.48. The highest BCUT2D eigenvalue weighted by Gasteiger charge is 2.37. The van der Waals surface area contributed by atoms with Gasteiger partial charge in [0.25, 0.3) is 0 Å². The third-order valence-corrected chi connectivity index (χ3v) is 6.85. The normalized spacial score (nSPS) is 12.4. The van der Waals surface area contributed by atoms with E-state index in [9.17, 15) is 23.2 Å². The summed E-state index contributed by atoms with van der Waals surface area (Å²) in [6.07, 6.45) is -4.42. The van der Waals surface area contributed by atoms with E-state index in [1.807, 2.05) is 0 Å². The molecular formula is C18H14F3N5OS3. The van der Waals surface area contributed by atoms with Crippen molar-refractivity contribution in [2.75, 3.05) is 5.32 Å². The molecule has 3 heterocycles. The monoisotopic (exact) mass is 469 g/mol. The number of carbonyl (C=O) groups excluding carboxylic acids is 1. The van der Waals surface area contributed by atoms with Crippen LogP contribution in [0.5, 0.6) is 0 Å². The van der Waals surface area contributed by atoms with Crippen molar-refractivity contribution in [3.05, 3.63) is 39.7 Å². The van der Waals surface area contributed by atoms with Gasteiger partial charge in [-0.15, -0.1) is 21.5 Å². The standard InChI is InChI=1S/C18H14F3N5OS3/c1-3-13(15(27)24-17-26-25-9(2)29-17)30-16-10(8-22)11(18(19,20)21)7-12(23-16)14-5-4-6-28-14/h4-7,13H,3H2,1-2H3,(H,24,26,27)/t13-/m0/s1. The van der Waals surface area contributed by atoms with Gasteiger partial charge in [0.1, 0.15) is 16.1 Å².